The van der Waals surface area contributed by atoms with E-state index in [4.69, 9.17) is 0 Å². The van der Waals surface area contributed by atoms with Crippen LogP contribution >= 0.6 is 11.9 Å². The molecular formula is C6H9NOS. The quantitative estimate of drug-likeness (QED) is 0.544. The number of hydrogen-bond acceptors (Lipinski definition) is 2. The fourth-order valence-corrected chi connectivity index (χ4v) is 1.45. The first kappa shape index (κ1) is 6.68. The molecule has 0 saturated carbocycles. The van der Waals surface area contributed by atoms with Gasteiger partial charge in [0.1, 0.15) is 0 Å². The third-order valence-corrected chi connectivity index (χ3v) is 2.02. The number of rotatable bonds is 2. The Morgan fingerprint density at radius 2 is 2.56 bits per heavy atom. The fraction of sp³-hybridized carbons (Fsp3) is 0.500. The minimum absolute atomic E-state index is 0.236. The van der Waals surface area contributed by atoms with E-state index in [0.29, 0.717) is 6.42 Å². The van der Waals surface area contributed by atoms with Gasteiger partial charge in [-0.1, -0.05) is 6.58 Å². The molecule has 1 rings (SSSR count). The Kier molecular flexibility index (Phi) is 2.16. The van der Waals surface area contributed by atoms with Crippen molar-refractivity contribution in [2.75, 3.05) is 6.54 Å². The van der Waals surface area contributed by atoms with Gasteiger partial charge in [-0.05, 0) is 23.8 Å². The highest BCUT2D eigenvalue weighted by molar-refractivity contribution is 8.00. The van der Waals surface area contributed by atoms with Gasteiger partial charge < -0.3 is 0 Å². The molecule has 3 heteroatoms. The van der Waals surface area contributed by atoms with Crippen molar-refractivity contribution in [2.24, 2.45) is 0 Å². The smallest absolute Gasteiger partial charge is 0.232 e. The zero-order chi connectivity index (χ0) is 6.69. The molecule has 0 spiro atoms. The maximum atomic E-state index is 10.8. The molecule has 0 N–H and O–H groups in total. The fourth-order valence-electron chi connectivity index (χ4n) is 0.825. The molecule has 0 aromatic heterocycles. The van der Waals surface area contributed by atoms with E-state index in [1.807, 2.05) is 0 Å². The molecule has 2 nitrogen and oxygen atoms in total. The molecule has 50 valence electrons. The molecule has 0 unspecified atom stereocenters. The first-order chi connectivity index (χ1) is 4.34. The maximum absolute atomic E-state index is 10.8. The maximum Gasteiger partial charge on any atom is 0.232 e. The highest BCUT2D eigenvalue weighted by Crippen LogP contribution is 2.19. The second-order valence-electron chi connectivity index (χ2n) is 1.87. The van der Waals surface area contributed by atoms with Gasteiger partial charge in [-0.25, -0.2) is 0 Å². The van der Waals surface area contributed by atoms with Gasteiger partial charge in [0.05, 0.1) is 0 Å². The third kappa shape index (κ3) is 1.48. The molecule has 1 fully saturated rings. The van der Waals surface area contributed by atoms with Crippen LogP contribution in [0.3, 0.4) is 0 Å². The molecule has 0 aliphatic carbocycles. The molecule has 0 atom stereocenters. The van der Waals surface area contributed by atoms with Crippen LogP contribution in [0.1, 0.15) is 12.8 Å². The van der Waals surface area contributed by atoms with Crippen molar-refractivity contribution in [3.8, 4) is 0 Å². The van der Waals surface area contributed by atoms with Crippen LogP contribution in [0.4, 0.5) is 0 Å². The highest BCUT2D eigenvalue weighted by Gasteiger charge is 2.18. The van der Waals surface area contributed by atoms with Crippen LogP contribution < -0.4 is 0 Å². The van der Waals surface area contributed by atoms with Crippen LogP contribution in [0.25, 0.3) is 0 Å². The van der Waals surface area contributed by atoms with E-state index in [1.54, 1.807) is 9.71 Å². The van der Waals surface area contributed by atoms with E-state index in [-0.39, 0.29) is 5.91 Å². The van der Waals surface area contributed by atoms with Crippen molar-refractivity contribution < 1.29 is 4.79 Å². The molecule has 1 amide bonds. The topological polar surface area (TPSA) is 20.3 Å². The summed E-state index contributed by atoms with van der Waals surface area (Å²) in [5, 5.41) is 1.68. The predicted molar refractivity (Wildman–Crippen MR) is 38.7 cm³/mol. The summed E-state index contributed by atoms with van der Waals surface area (Å²) >= 11 is 1.39. The lowest BCUT2D eigenvalue weighted by molar-refractivity contribution is -0.123. The average Bonchev–Trinajstić information content (AvgIpc) is 2.18. The third-order valence-electron chi connectivity index (χ3n) is 1.23. The summed E-state index contributed by atoms with van der Waals surface area (Å²) in [5.74, 6) is 0.236. The Morgan fingerprint density at radius 3 is 3.00 bits per heavy atom. The summed E-state index contributed by atoms with van der Waals surface area (Å²) in [5.41, 5.74) is 0. The van der Waals surface area contributed by atoms with Crippen molar-refractivity contribution in [1.29, 1.82) is 0 Å². The monoisotopic (exact) mass is 143 g/mol. The second kappa shape index (κ2) is 2.92. The van der Waals surface area contributed by atoms with Crippen molar-refractivity contribution in [1.82, 2.24) is 4.31 Å². The largest absolute Gasteiger partial charge is 0.283 e. The number of amides is 1. The molecule has 1 aliphatic heterocycles. The molecule has 0 aromatic rings. The lowest BCUT2D eigenvalue weighted by Gasteiger charge is -2.08. The Balaban J connectivity index is 2.39. The van der Waals surface area contributed by atoms with Crippen LogP contribution in [-0.4, -0.2) is 16.8 Å². The molecule has 0 bridgehead atoms. The zero-order valence-electron chi connectivity index (χ0n) is 5.17. The van der Waals surface area contributed by atoms with E-state index in [9.17, 15) is 4.79 Å². The average molecular weight is 143 g/mol. The van der Waals surface area contributed by atoms with Gasteiger partial charge in [0.15, 0.2) is 0 Å². The normalized spacial score (nSPS) is 18.7. The molecule has 0 radical (unpaired) electrons. The number of hydrogen-bond donors (Lipinski definition) is 0. The first-order valence-corrected chi connectivity index (χ1v) is 3.76. The lowest BCUT2D eigenvalue weighted by Crippen LogP contribution is -2.14. The highest BCUT2D eigenvalue weighted by atomic mass is 32.2. The van der Waals surface area contributed by atoms with Crippen LogP contribution in [0.5, 0.6) is 0 Å². The van der Waals surface area contributed by atoms with E-state index >= 15 is 0 Å². The van der Waals surface area contributed by atoms with Gasteiger partial charge in [-0.3, -0.25) is 9.10 Å². The van der Waals surface area contributed by atoms with E-state index in [2.05, 4.69) is 6.58 Å². The Bertz CT molecular complexity index is 135. The van der Waals surface area contributed by atoms with Gasteiger partial charge in [0.25, 0.3) is 0 Å². The number of nitrogens with zero attached hydrogens (tertiary/aromatic N) is 1. The van der Waals surface area contributed by atoms with Gasteiger partial charge in [0.2, 0.25) is 5.91 Å². The van der Waals surface area contributed by atoms with E-state index < -0.39 is 0 Å². The second-order valence-corrected chi connectivity index (χ2v) is 2.86. The summed E-state index contributed by atoms with van der Waals surface area (Å²) in [6.07, 6.45) is 1.71. The summed E-state index contributed by atoms with van der Waals surface area (Å²) < 4.78 is 1.74. The van der Waals surface area contributed by atoms with Crippen LogP contribution in [-0.2, 0) is 4.79 Å². The molecule has 1 saturated heterocycles. The zero-order valence-corrected chi connectivity index (χ0v) is 5.99. The van der Waals surface area contributed by atoms with Gasteiger partial charge in [-0.2, -0.15) is 0 Å². The predicted octanol–water partition coefficient (Wildman–Crippen LogP) is 1.40. The summed E-state index contributed by atoms with van der Waals surface area (Å²) in [6.45, 7) is 4.41. The minimum Gasteiger partial charge on any atom is -0.283 e. The lowest BCUT2D eigenvalue weighted by atomic mass is 10.4. The van der Waals surface area contributed by atoms with Crippen LogP contribution in [0.2, 0.25) is 0 Å². The number of carbonyl (C=O) groups excluding carboxylic acids is 1. The SMILES string of the molecule is C=CSN1CCCC1=O. The molecule has 0 aromatic carbocycles. The van der Waals surface area contributed by atoms with Crippen LogP contribution in [0.15, 0.2) is 12.0 Å². The van der Waals surface area contributed by atoms with Crippen molar-refractivity contribution in [2.45, 2.75) is 12.8 Å². The Hall–Kier alpha value is -0.440. The van der Waals surface area contributed by atoms with E-state index in [1.165, 1.54) is 11.9 Å². The van der Waals surface area contributed by atoms with Gasteiger partial charge >= 0.3 is 0 Å². The van der Waals surface area contributed by atoms with Crippen molar-refractivity contribution in [3.05, 3.63) is 12.0 Å². The minimum atomic E-state index is 0.236. The van der Waals surface area contributed by atoms with Crippen molar-refractivity contribution in [3.63, 3.8) is 0 Å². The summed E-state index contributed by atoms with van der Waals surface area (Å²) in [4.78, 5) is 10.8. The molecular weight excluding hydrogens is 134 g/mol. The molecule has 1 heterocycles. The molecule has 9 heavy (non-hydrogen) atoms. The van der Waals surface area contributed by atoms with Gasteiger partial charge in [-0.15, -0.1) is 0 Å². The number of carbonyl (C=O) groups is 1. The Labute approximate surface area is 59.0 Å². The van der Waals surface area contributed by atoms with E-state index in [0.717, 1.165) is 13.0 Å². The Morgan fingerprint density at radius 1 is 1.78 bits per heavy atom. The van der Waals surface area contributed by atoms with Crippen molar-refractivity contribution >= 4 is 17.9 Å². The first-order valence-electron chi connectivity index (χ1n) is 2.92. The summed E-state index contributed by atoms with van der Waals surface area (Å²) in [7, 11) is 0. The summed E-state index contributed by atoms with van der Waals surface area (Å²) in [6, 6.07) is 0. The standard InChI is InChI=1S/C6H9NOS/c1-2-9-7-5-3-4-6(7)8/h2H,1,3-5H2. The van der Waals surface area contributed by atoms with Crippen LogP contribution in [0, 0.1) is 0 Å². The van der Waals surface area contributed by atoms with Gasteiger partial charge in [0, 0.05) is 13.0 Å². The molecule has 1 aliphatic rings.